The summed E-state index contributed by atoms with van der Waals surface area (Å²) < 4.78 is 24.4. The number of hydrogen-bond acceptors (Lipinski definition) is 5. The molecule has 0 spiro atoms. The van der Waals surface area contributed by atoms with E-state index in [-0.39, 0.29) is 11.4 Å². The predicted octanol–water partition coefficient (Wildman–Crippen LogP) is 4.39. The molecular weight excluding hydrogens is 369 g/mol. The van der Waals surface area contributed by atoms with Crippen molar-refractivity contribution in [3.63, 3.8) is 0 Å². The average molecular weight is 387 g/mol. The van der Waals surface area contributed by atoms with Crippen molar-refractivity contribution in [3.8, 4) is 11.5 Å². The van der Waals surface area contributed by atoms with Gasteiger partial charge >= 0.3 is 0 Å². The lowest BCUT2D eigenvalue weighted by Gasteiger charge is -2.13. The number of nitrogens with zero attached hydrogens (tertiary/aromatic N) is 1. The number of ether oxygens (including phenoxy) is 2. The van der Waals surface area contributed by atoms with E-state index in [9.17, 15) is 14.0 Å². The maximum atomic E-state index is 13.9. The van der Waals surface area contributed by atoms with Gasteiger partial charge in [-0.2, -0.15) is 0 Å². The molecule has 140 valence electrons. The van der Waals surface area contributed by atoms with Gasteiger partial charge in [-0.05, 0) is 54.1 Å². The Hall–Kier alpha value is -2.80. The van der Waals surface area contributed by atoms with Crippen LogP contribution in [0, 0.1) is 12.7 Å². The number of hydrogen-bond donors (Lipinski definition) is 0. The first-order chi connectivity index (χ1) is 12.9. The number of amides is 2. The molecular formula is C20H18FNO4S. The van der Waals surface area contributed by atoms with Crippen molar-refractivity contribution in [2.45, 2.75) is 13.5 Å². The molecule has 7 heteroatoms. The first-order valence-electron chi connectivity index (χ1n) is 8.16. The predicted molar refractivity (Wildman–Crippen MR) is 102 cm³/mol. The summed E-state index contributed by atoms with van der Waals surface area (Å²) in [6.07, 6.45) is 1.64. The highest BCUT2D eigenvalue weighted by Crippen LogP contribution is 2.36. The molecule has 1 fully saturated rings. The molecule has 0 atom stereocenters. The maximum absolute atomic E-state index is 13.9. The van der Waals surface area contributed by atoms with Gasteiger partial charge in [-0.3, -0.25) is 14.5 Å². The van der Waals surface area contributed by atoms with E-state index in [0.717, 1.165) is 27.8 Å². The fourth-order valence-electron chi connectivity index (χ4n) is 2.73. The number of carbonyl (C=O) groups excluding carboxylic acids is 2. The number of halogens is 1. The molecule has 1 aliphatic heterocycles. The standard InChI is InChI=1S/C20H18FNO4S/c1-12-8-16(25-2)17(26-3)9-14(12)10-18-19(23)22(20(24)27-18)11-13-6-4-5-7-15(13)21/h4-10H,11H2,1-3H3/b18-10-. The second-order valence-corrected chi connectivity index (χ2v) is 6.92. The average Bonchev–Trinajstić information content (AvgIpc) is 2.92. The third kappa shape index (κ3) is 3.83. The van der Waals surface area contributed by atoms with Crippen LogP contribution in [-0.4, -0.2) is 30.3 Å². The number of carbonyl (C=O) groups is 2. The van der Waals surface area contributed by atoms with Gasteiger partial charge in [0.05, 0.1) is 25.7 Å². The van der Waals surface area contributed by atoms with Gasteiger partial charge in [0.25, 0.3) is 11.1 Å². The summed E-state index contributed by atoms with van der Waals surface area (Å²) in [6, 6.07) is 9.64. The van der Waals surface area contributed by atoms with E-state index >= 15 is 0 Å². The third-order valence-electron chi connectivity index (χ3n) is 4.22. The Morgan fingerprint density at radius 3 is 2.44 bits per heavy atom. The van der Waals surface area contributed by atoms with Crippen molar-refractivity contribution in [1.29, 1.82) is 0 Å². The van der Waals surface area contributed by atoms with Gasteiger partial charge in [0, 0.05) is 5.56 Å². The Bertz CT molecular complexity index is 942. The number of aryl methyl sites for hydroxylation is 1. The first kappa shape index (κ1) is 19.0. The van der Waals surface area contributed by atoms with Crippen LogP contribution in [0.15, 0.2) is 41.3 Å². The highest BCUT2D eigenvalue weighted by molar-refractivity contribution is 8.18. The SMILES string of the molecule is COc1cc(C)c(/C=C2\SC(=O)N(Cc3ccccc3F)C2=O)cc1OC. The summed E-state index contributed by atoms with van der Waals surface area (Å²) in [5.74, 6) is 0.221. The molecule has 2 aromatic carbocycles. The summed E-state index contributed by atoms with van der Waals surface area (Å²) in [6.45, 7) is 1.77. The zero-order valence-corrected chi connectivity index (χ0v) is 15.9. The Labute approximate surface area is 160 Å². The van der Waals surface area contributed by atoms with Crippen LogP contribution >= 0.6 is 11.8 Å². The molecule has 1 aliphatic rings. The van der Waals surface area contributed by atoms with E-state index in [2.05, 4.69) is 0 Å². The van der Waals surface area contributed by atoms with Crippen LogP contribution in [0.3, 0.4) is 0 Å². The highest BCUT2D eigenvalue weighted by Gasteiger charge is 2.35. The second kappa shape index (κ2) is 7.84. The molecule has 0 saturated carbocycles. The van der Waals surface area contributed by atoms with E-state index in [1.165, 1.54) is 13.2 Å². The first-order valence-corrected chi connectivity index (χ1v) is 8.97. The molecule has 0 aromatic heterocycles. The van der Waals surface area contributed by atoms with Gasteiger partial charge < -0.3 is 9.47 Å². The molecule has 0 radical (unpaired) electrons. The highest BCUT2D eigenvalue weighted by atomic mass is 32.2. The smallest absolute Gasteiger partial charge is 0.293 e. The number of thioether (sulfide) groups is 1. The van der Waals surface area contributed by atoms with Crippen molar-refractivity contribution < 1.29 is 23.5 Å². The van der Waals surface area contributed by atoms with Crippen molar-refractivity contribution in [1.82, 2.24) is 4.90 Å². The number of methoxy groups -OCH3 is 2. The topological polar surface area (TPSA) is 55.8 Å². The Kier molecular flexibility index (Phi) is 5.51. The lowest BCUT2D eigenvalue weighted by Crippen LogP contribution is -2.27. The summed E-state index contributed by atoms with van der Waals surface area (Å²) in [5.41, 5.74) is 1.90. The zero-order chi connectivity index (χ0) is 19.6. The summed E-state index contributed by atoms with van der Waals surface area (Å²) in [7, 11) is 3.07. The van der Waals surface area contributed by atoms with Crippen LogP contribution < -0.4 is 9.47 Å². The minimum Gasteiger partial charge on any atom is -0.493 e. The molecule has 5 nitrogen and oxygen atoms in total. The fraction of sp³-hybridized carbons (Fsp3) is 0.200. The molecule has 3 rings (SSSR count). The normalized spacial score (nSPS) is 15.6. The molecule has 27 heavy (non-hydrogen) atoms. The van der Waals surface area contributed by atoms with Gasteiger partial charge in [-0.1, -0.05) is 18.2 Å². The molecule has 0 unspecified atom stereocenters. The van der Waals surface area contributed by atoms with Crippen molar-refractivity contribution in [2.24, 2.45) is 0 Å². The summed E-state index contributed by atoms with van der Waals surface area (Å²) >= 11 is 0.838. The summed E-state index contributed by atoms with van der Waals surface area (Å²) in [4.78, 5) is 26.3. The van der Waals surface area contributed by atoms with Gasteiger partial charge in [-0.25, -0.2) is 4.39 Å². The number of rotatable bonds is 5. The van der Waals surface area contributed by atoms with Crippen molar-refractivity contribution in [3.05, 3.63) is 63.8 Å². The molecule has 1 saturated heterocycles. The van der Waals surface area contributed by atoms with Gasteiger partial charge in [0.2, 0.25) is 0 Å². The van der Waals surface area contributed by atoms with E-state index in [1.54, 1.807) is 43.5 Å². The number of imide groups is 1. The van der Waals surface area contributed by atoms with E-state index in [1.807, 2.05) is 6.92 Å². The molecule has 0 bridgehead atoms. The zero-order valence-electron chi connectivity index (χ0n) is 15.1. The molecule has 1 heterocycles. The third-order valence-corrected chi connectivity index (χ3v) is 5.13. The molecule has 0 N–H and O–H groups in total. The molecule has 2 amide bonds. The van der Waals surface area contributed by atoms with Crippen molar-refractivity contribution in [2.75, 3.05) is 14.2 Å². The Morgan fingerprint density at radius 1 is 1.11 bits per heavy atom. The molecule has 0 aliphatic carbocycles. The number of benzene rings is 2. The van der Waals surface area contributed by atoms with E-state index in [0.29, 0.717) is 17.1 Å². The fourth-order valence-corrected chi connectivity index (χ4v) is 3.56. The summed E-state index contributed by atoms with van der Waals surface area (Å²) in [5, 5.41) is -0.423. The van der Waals surface area contributed by atoms with Crippen LogP contribution in [0.25, 0.3) is 6.08 Å². The monoisotopic (exact) mass is 387 g/mol. The van der Waals surface area contributed by atoms with Gasteiger partial charge in [-0.15, -0.1) is 0 Å². The van der Waals surface area contributed by atoms with Gasteiger partial charge in [0.15, 0.2) is 11.5 Å². The van der Waals surface area contributed by atoms with Crippen LogP contribution in [0.4, 0.5) is 9.18 Å². The maximum Gasteiger partial charge on any atom is 0.293 e. The van der Waals surface area contributed by atoms with E-state index < -0.39 is 17.0 Å². The largest absolute Gasteiger partial charge is 0.493 e. The van der Waals surface area contributed by atoms with Crippen LogP contribution in [-0.2, 0) is 11.3 Å². The minimum atomic E-state index is -0.448. The quantitative estimate of drug-likeness (QED) is 0.713. The van der Waals surface area contributed by atoms with Gasteiger partial charge in [0.1, 0.15) is 5.82 Å². The van der Waals surface area contributed by atoms with Crippen LogP contribution in [0.2, 0.25) is 0 Å². The lowest BCUT2D eigenvalue weighted by molar-refractivity contribution is -0.123. The van der Waals surface area contributed by atoms with Crippen LogP contribution in [0.5, 0.6) is 11.5 Å². The van der Waals surface area contributed by atoms with Crippen molar-refractivity contribution >= 4 is 29.0 Å². The molecule has 2 aromatic rings. The van der Waals surface area contributed by atoms with Crippen LogP contribution in [0.1, 0.15) is 16.7 Å². The Balaban J connectivity index is 1.90. The Morgan fingerprint density at radius 2 is 1.78 bits per heavy atom. The lowest BCUT2D eigenvalue weighted by atomic mass is 10.1. The second-order valence-electron chi connectivity index (χ2n) is 5.92. The minimum absolute atomic E-state index is 0.0976. The van der Waals surface area contributed by atoms with E-state index in [4.69, 9.17) is 9.47 Å².